The van der Waals surface area contributed by atoms with Gasteiger partial charge >= 0.3 is 39.5 Å². The number of hydrogen-bond acceptors (Lipinski definition) is 15. The van der Waals surface area contributed by atoms with Crippen molar-refractivity contribution in [2.75, 3.05) is 39.6 Å². The standard InChI is InChI=1S/C76H148O17P2/c1-9-69(8)55-47-39-34-35-43-51-59-76(81)93-72(63-86-73(78)56-48-40-31-24-19-17-15-13-11-10-12-14-16-18-22-28-36-44-52-66(2)3)65-91-95(84,85)89-61-70(77)60-88-94(82,83)90-64-71(62-87-74(79)57-49-41-32-27-26-30-38-46-54-68(6)7)92-75(80)58-50-42-33-25-21-20-23-29-37-45-53-67(4)5/h66-72,77H,9-65H2,1-8H3,(H,82,83)(H,84,85)/t69?,70?,71-,72-/m1/s1. The molecular weight excluding hydrogens is 1250 g/mol. The van der Waals surface area contributed by atoms with Gasteiger partial charge in [0.15, 0.2) is 12.2 Å². The van der Waals surface area contributed by atoms with E-state index in [1.54, 1.807) is 0 Å². The van der Waals surface area contributed by atoms with E-state index in [2.05, 4.69) is 55.4 Å². The summed E-state index contributed by atoms with van der Waals surface area (Å²) in [5.74, 6) is 0.896. The second kappa shape index (κ2) is 65.4. The number of aliphatic hydroxyl groups is 1. The second-order valence-corrected chi connectivity index (χ2v) is 32.0. The van der Waals surface area contributed by atoms with E-state index < -0.39 is 97.5 Å². The predicted octanol–water partition coefficient (Wildman–Crippen LogP) is 22.0. The molecule has 0 aliphatic rings. The van der Waals surface area contributed by atoms with Crippen LogP contribution in [0.5, 0.6) is 0 Å². The van der Waals surface area contributed by atoms with Crippen molar-refractivity contribution in [1.82, 2.24) is 0 Å². The van der Waals surface area contributed by atoms with Crippen LogP contribution >= 0.6 is 15.6 Å². The van der Waals surface area contributed by atoms with Crippen LogP contribution < -0.4 is 0 Å². The molecule has 3 N–H and O–H groups in total. The number of phosphoric acid groups is 2. The largest absolute Gasteiger partial charge is 0.472 e. The van der Waals surface area contributed by atoms with Gasteiger partial charge in [-0.2, -0.15) is 0 Å². The fraction of sp³-hybridized carbons (Fsp3) is 0.947. The zero-order valence-electron chi connectivity index (χ0n) is 62.3. The molecule has 6 atom stereocenters. The molecule has 564 valence electrons. The minimum atomic E-state index is -4.96. The summed E-state index contributed by atoms with van der Waals surface area (Å²) in [7, 11) is -9.91. The van der Waals surface area contributed by atoms with Crippen molar-refractivity contribution in [2.24, 2.45) is 23.7 Å². The predicted molar refractivity (Wildman–Crippen MR) is 386 cm³/mol. The Balaban J connectivity index is 5.16. The molecule has 0 aliphatic heterocycles. The van der Waals surface area contributed by atoms with Gasteiger partial charge in [-0.15, -0.1) is 0 Å². The van der Waals surface area contributed by atoms with Gasteiger partial charge in [0.05, 0.1) is 26.4 Å². The van der Waals surface area contributed by atoms with Crippen LogP contribution in [0.4, 0.5) is 0 Å². The molecular formula is C76H148O17P2. The molecule has 0 saturated heterocycles. The molecule has 19 heteroatoms. The van der Waals surface area contributed by atoms with Gasteiger partial charge in [0.1, 0.15) is 19.3 Å². The van der Waals surface area contributed by atoms with Crippen LogP contribution in [0.25, 0.3) is 0 Å². The Labute approximate surface area is 581 Å². The van der Waals surface area contributed by atoms with Crippen molar-refractivity contribution < 1.29 is 80.2 Å². The quantitative estimate of drug-likeness (QED) is 0.0222. The van der Waals surface area contributed by atoms with Crippen LogP contribution in [0.15, 0.2) is 0 Å². The lowest BCUT2D eigenvalue weighted by Gasteiger charge is -2.21. The highest BCUT2D eigenvalue weighted by atomic mass is 31.2. The molecule has 0 rings (SSSR count). The van der Waals surface area contributed by atoms with E-state index in [0.717, 1.165) is 114 Å². The van der Waals surface area contributed by atoms with Crippen LogP contribution in [-0.2, 0) is 65.4 Å². The zero-order chi connectivity index (χ0) is 70.3. The Kier molecular flexibility index (Phi) is 64.0. The van der Waals surface area contributed by atoms with Gasteiger partial charge in [-0.3, -0.25) is 37.3 Å². The summed E-state index contributed by atoms with van der Waals surface area (Å²) < 4.78 is 68.4. The zero-order valence-corrected chi connectivity index (χ0v) is 64.1. The van der Waals surface area contributed by atoms with Crippen LogP contribution in [0.1, 0.15) is 383 Å². The third-order valence-electron chi connectivity index (χ3n) is 17.9. The Morgan fingerprint density at radius 2 is 0.505 bits per heavy atom. The molecule has 0 heterocycles. The van der Waals surface area contributed by atoms with Crippen molar-refractivity contribution in [3.05, 3.63) is 0 Å². The molecule has 0 spiro atoms. The Bertz CT molecular complexity index is 1870. The number of esters is 4. The summed E-state index contributed by atoms with van der Waals surface area (Å²) in [6.45, 7) is 14.1. The Morgan fingerprint density at radius 1 is 0.295 bits per heavy atom. The summed E-state index contributed by atoms with van der Waals surface area (Å²) in [4.78, 5) is 72.7. The lowest BCUT2D eigenvalue weighted by molar-refractivity contribution is -0.161. The smallest absolute Gasteiger partial charge is 0.462 e. The number of unbranched alkanes of at least 4 members (excludes halogenated alkanes) is 38. The summed E-state index contributed by atoms with van der Waals surface area (Å²) in [6, 6.07) is 0. The van der Waals surface area contributed by atoms with Crippen LogP contribution in [0.2, 0.25) is 0 Å². The maximum absolute atomic E-state index is 13.1. The first-order valence-electron chi connectivity index (χ1n) is 39.2. The Morgan fingerprint density at radius 3 is 0.747 bits per heavy atom. The van der Waals surface area contributed by atoms with Gasteiger partial charge in [0.25, 0.3) is 0 Å². The van der Waals surface area contributed by atoms with E-state index in [-0.39, 0.29) is 25.7 Å². The average Bonchev–Trinajstić information content (AvgIpc) is 3.73. The van der Waals surface area contributed by atoms with Gasteiger partial charge in [0, 0.05) is 25.7 Å². The molecule has 0 aromatic carbocycles. The highest BCUT2D eigenvalue weighted by Crippen LogP contribution is 2.45. The molecule has 95 heavy (non-hydrogen) atoms. The molecule has 0 amide bonds. The third kappa shape index (κ3) is 69.0. The fourth-order valence-corrected chi connectivity index (χ4v) is 13.1. The summed E-state index contributed by atoms with van der Waals surface area (Å²) in [5.41, 5.74) is 0. The van der Waals surface area contributed by atoms with E-state index in [9.17, 15) is 43.2 Å². The maximum atomic E-state index is 13.1. The van der Waals surface area contributed by atoms with Crippen molar-refractivity contribution in [1.29, 1.82) is 0 Å². The molecule has 0 aliphatic carbocycles. The number of aliphatic hydroxyl groups excluding tert-OH is 1. The normalized spacial score (nSPS) is 14.4. The topological polar surface area (TPSA) is 237 Å². The third-order valence-corrected chi connectivity index (χ3v) is 19.8. The number of phosphoric ester groups is 2. The SMILES string of the molecule is CCC(C)CCCCCCCCC(=O)O[C@H](COC(=O)CCCCCCCCCCCCCCCCCCCCC(C)C)COP(=O)(O)OCC(O)COP(=O)(O)OC[C@@H](COC(=O)CCCCCCCCCCC(C)C)OC(=O)CCCCCCCCCCCCC(C)C. The molecule has 0 radical (unpaired) electrons. The van der Waals surface area contributed by atoms with Crippen molar-refractivity contribution >= 4 is 39.5 Å². The molecule has 0 aromatic rings. The van der Waals surface area contributed by atoms with E-state index in [0.29, 0.717) is 25.7 Å². The average molecular weight is 1400 g/mol. The molecule has 0 aromatic heterocycles. The van der Waals surface area contributed by atoms with Gasteiger partial charge < -0.3 is 33.8 Å². The van der Waals surface area contributed by atoms with E-state index >= 15 is 0 Å². The summed E-state index contributed by atoms with van der Waals surface area (Å²) >= 11 is 0. The monoisotopic (exact) mass is 1400 g/mol. The molecule has 0 bridgehead atoms. The van der Waals surface area contributed by atoms with Gasteiger partial charge in [-0.25, -0.2) is 9.13 Å². The van der Waals surface area contributed by atoms with Crippen molar-refractivity contribution in [2.45, 2.75) is 401 Å². The number of carbonyl (C=O) groups is 4. The van der Waals surface area contributed by atoms with Crippen LogP contribution in [-0.4, -0.2) is 96.7 Å². The van der Waals surface area contributed by atoms with Gasteiger partial charge in [0.2, 0.25) is 0 Å². The minimum absolute atomic E-state index is 0.103. The second-order valence-electron chi connectivity index (χ2n) is 29.1. The summed E-state index contributed by atoms with van der Waals surface area (Å²) in [5, 5.41) is 10.6. The Hall–Kier alpha value is -1.94. The highest BCUT2D eigenvalue weighted by molar-refractivity contribution is 7.47. The van der Waals surface area contributed by atoms with Crippen molar-refractivity contribution in [3.8, 4) is 0 Å². The maximum Gasteiger partial charge on any atom is 0.472 e. The van der Waals surface area contributed by atoms with Gasteiger partial charge in [-0.1, -0.05) is 331 Å². The molecule has 0 fully saturated rings. The highest BCUT2D eigenvalue weighted by Gasteiger charge is 2.30. The first-order valence-corrected chi connectivity index (χ1v) is 42.2. The minimum Gasteiger partial charge on any atom is -0.462 e. The number of carbonyl (C=O) groups excluding carboxylic acids is 4. The molecule has 4 unspecified atom stereocenters. The lowest BCUT2D eigenvalue weighted by Crippen LogP contribution is -2.30. The van der Waals surface area contributed by atoms with Crippen molar-refractivity contribution in [3.63, 3.8) is 0 Å². The van der Waals surface area contributed by atoms with E-state index in [1.807, 2.05) is 0 Å². The van der Waals surface area contributed by atoms with E-state index in [1.165, 1.54) is 186 Å². The first-order chi connectivity index (χ1) is 45.6. The van der Waals surface area contributed by atoms with Crippen LogP contribution in [0.3, 0.4) is 0 Å². The number of hydrogen-bond donors (Lipinski definition) is 3. The summed E-state index contributed by atoms with van der Waals surface area (Å²) in [6.07, 6.45) is 50.2. The number of rotatable bonds is 73. The number of ether oxygens (including phenoxy) is 4. The fourth-order valence-electron chi connectivity index (χ4n) is 11.5. The molecule has 0 saturated carbocycles. The van der Waals surface area contributed by atoms with Gasteiger partial charge in [-0.05, 0) is 49.4 Å². The first kappa shape index (κ1) is 93.1. The lowest BCUT2D eigenvalue weighted by atomic mass is 10.00. The van der Waals surface area contributed by atoms with Crippen LogP contribution in [0, 0.1) is 23.7 Å². The molecule has 17 nitrogen and oxygen atoms in total. The van der Waals surface area contributed by atoms with E-state index in [4.69, 9.17) is 37.0 Å².